The predicted molar refractivity (Wildman–Crippen MR) is 108 cm³/mol. The van der Waals surface area contributed by atoms with Crippen LogP contribution in [0, 0.1) is 0 Å². The van der Waals surface area contributed by atoms with Crippen LogP contribution in [-0.4, -0.2) is 25.1 Å². The van der Waals surface area contributed by atoms with Gasteiger partial charge in [-0.05, 0) is 61.8 Å². The average molecular weight is 427 g/mol. The van der Waals surface area contributed by atoms with Gasteiger partial charge in [0.25, 0.3) is 0 Å². The third kappa shape index (κ3) is 4.40. The number of benzene rings is 1. The maximum Gasteiger partial charge on any atom is 0.240 e. The van der Waals surface area contributed by atoms with Gasteiger partial charge in [-0.25, -0.2) is 13.1 Å². The number of hydrogen-bond acceptors (Lipinski definition) is 6. The first-order valence-corrected chi connectivity index (χ1v) is 11.2. The lowest BCUT2D eigenvalue weighted by atomic mass is 9.92. The number of nitrogens with zero attached hydrogens (tertiary/aromatic N) is 2. The second kappa shape index (κ2) is 8.49. The number of aromatic nitrogens is 2. The van der Waals surface area contributed by atoms with Gasteiger partial charge in [-0.3, -0.25) is 0 Å². The van der Waals surface area contributed by atoms with E-state index in [4.69, 9.17) is 10.3 Å². The monoisotopic (exact) mass is 426 g/mol. The van der Waals surface area contributed by atoms with E-state index in [1.165, 1.54) is 12.0 Å². The van der Waals surface area contributed by atoms with Crippen molar-refractivity contribution in [2.45, 2.75) is 68.2 Å². The number of sulfonamides is 1. The van der Waals surface area contributed by atoms with Gasteiger partial charge in [0, 0.05) is 13.0 Å². The number of hydrogen-bond donors (Lipinski definition) is 2. The maximum atomic E-state index is 12.6. The maximum absolute atomic E-state index is 12.6. The Morgan fingerprint density at radius 1 is 1.11 bits per heavy atom. The van der Waals surface area contributed by atoms with Gasteiger partial charge in [-0.2, -0.15) is 4.98 Å². The number of nitrogens with one attached hydrogen (secondary N) is 1. The molecule has 0 aliphatic heterocycles. The van der Waals surface area contributed by atoms with Gasteiger partial charge in [0.15, 0.2) is 5.82 Å². The number of nitrogens with two attached hydrogens (primary N) is 1. The Labute approximate surface area is 171 Å². The minimum atomic E-state index is -3.55. The molecule has 2 aliphatic rings. The quantitative estimate of drug-likeness (QED) is 0.734. The summed E-state index contributed by atoms with van der Waals surface area (Å²) < 4.78 is 33.0. The SMILES string of the molecule is Cl.NC1(c2noc(CCNS(=O)(=O)c3ccc4c(c3)CCCC4)n2)CCCC1. The third-order valence-electron chi connectivity index (χ3n) is 5.67. The first-order chi connectivity index (χ1) is 13.0. The molecular weight excluding hydrogens is 400 g/mol. The molecule has 2 aliphatic carbocycles. The molecule has 1 saturated carbocycles. The highest BCUT2D eigenvalue weighted by Gasteiger charge is 2.35. The zero-order valence-electron chi connectivity index (χ0n) is 15.8. The van der Waals surface area contributed by atoms with Crippen LogP contribution in [0.5, 0.6) is 0 Å². The lowest BCUT2D eigenvalue weighted by Gasteiger charge is -2.17. The Kier molecular flexibility index (Phi) is 6.44. The summed E-state index contributed by atoms with van der Waals surface area (Å²) in [4.78, 5) is 4.70. The van der Waals surface area contributed by atoms with Crippen LogP contribution in [0.4, 0.5) is 0 Å². The van der Waals surface area contributed by atoms with E-state index in [-0.39, 0.29) is 19.0 Å². The Hall–Kier alpha value is -1.48. The third-order valence-corrected chi connectivity index (χ3v) is 7.13. The molecule has 2 aromatic rings. The molecule has 154 valence electrons. The molecule has 9 heteroatoms. The molecule has 1 aromatic heterocycles. The molecule has 28 heavy (non-hydrogen) atoms. The smallest absolute Gasteiger partial charge is 0.240 e. The predicted octanol–water partition coefficient (Wildman–Crippen LogP) is 2.62. The van der Waals surface area contributed by atoms with E-state index in [0.717, 1.165) is 50.5 Å². The molecule has 0 spiro atoms. The van der Waals surface area contributed by atoms with E-state index in [1.807, 2.05) is 6.07 Å². The number of rotatable bonds is 6. The Bertz CT molecular complexity index is 923. The van der Waals surface area contributed by atoms with Crippen molar-refractivity contribution in [3.05, 3.63) is 41.0 Å². The van der Waals surface area contributed by atoms with E-state index in [9.17, 15) is 8.42 Å². The van der Waals surface area contributed by atoms with Gasteiger partial charge in [0.2, 0.25) is 15.9 Å². The fourth-order valence-electron chi connectivity index (χ4n) is 4.04. The van der Waals surface area contributed by atoms with Crippen molar-refractivity contribution < 1.29 is 12.9 Å². The van der Waals surface area contributed by atoms with E-state index in [2.05, 4.69) is 14.9 Å². The van der Waals surface area contributed by atoms with Crippen molar-refractivity contribution >= 4 is 22.4 Å². The first-order valence-electron chi connectivity index (χ1n) is 9.70. The minimum Gasteiger partial charge on any atom is -0.339 e. The summed E-state index contributed by atoms with van der Waals surface area (Å²) in [5.74, 6) is 0.947. The lowest BCUT2D eigenvalue weighted by molar-refractivity contribution is 0.348. The van der Waals surface area contributed by atoms with Crippen LogP contribution >= 0.6 is 12.4 Å². The van der Waals surface area contributed by atoms with Crippen molar-refractivity contribution in [3.8, 4) is 0 Å². The van der Waals surface area contributed by atoms with Crippen molar-refractivity contribution in [1.82, 2.24) is 14.9 Å². The van der Waals surface area contributed by atoms with E-state index in [1.54, 1.807) is 12.1 Å². The molecule has 3 N–H and O–H groups in total. The first kappa shape index (κ1) is 21.2. The summed E-state index contributed by atoms with van der Waals surface area (Å²) in [6, 6.07) is 5.44. The second-order valence-corrected chi connectivity index (χ2v) is 9.43. The van der Waals surface area contributed by atoms with Crippen LogP contribution in [-0.2, 0) is 34.8 Å². The molecule has 0 unspecified atom stereocenters. The van der Waals surface area contributed by atoms with E-state index >= 15 is 0 Å². The molecule has 1 aromatic carbocycles. The Morgan fingerprint density at radius 3 is 2.57 bits per heavy atom. The Morgan fingerprint density at radius 2 is 1.82 bits per heavy atom. The van der Waals surface area contributed by atoms with Gasteiger partial charge in [0.05, 0.1) is 10.4 Å². The zero-order chi connectivity index (χ0) is 18.9. The zero-order valence-corrected chi connectivity index (χ0v) is 17.4. The van der Waals surface area contributed by atoms with Gasteiger partial charge in [0.1, 0.15) is 0 Å². The Balaban J connectivity index is 0.00000225. The largest absolute Gasteiger partial charge is 0.339 e. The summed E-state index contributed by atoms with van der Waals surface area (Å²) >= 11 is 0. The van der Waals surface area contributed by atoms with Crippen LogP contribution in [0.3, 0.4) is 0 Å². The van der Waals surface area contributed by atoms with Crippen LogP contribution in [0.15, 0.2) is 27.6 Å². The fourth-order valence-corrected chi connectivity index (χ4v) is 5.12. The summed E-state index contributed by atoms with van der Waals surface area (Å²) in [6.07, 6.45) is 8.47. The topological polar surface area (TPSA) is 111 Å². The van der Waals surface area contributed by atoms with Crippen molar-refractivity contribution in [2.75, 3.05) is 6.54 Å². The van der Waals surface area contributed by atoms with Crippen molar-refractivity contribution in [1.29, 1.82) is 0 Å². The second-order valence-electron chi connectivity index (χ2n) is 7.66. The average Bonchev–Trinajstić information content (AvgIpc) is 3.31. The molecule has 0 amide bonds. The molecule has 0 bridgehead atoms. The molecule has 0 atom stereocenters. The summed E-state index contributed by atoms with van der Waals surface area (Å²) in [5.41, 5.74) is 8.24. The number of halogens is 1. The molecule has 0 saturated heterocycles. The van der Waals surface area contributed by atoms with E-state index in [0.29, 0.717) is 23.0 Å². The van der Waals surface area contributed by atoms with Crippen LogP contribution in [0.25, 0.3) is 0 Å². The lowest BCUT2D eigenvalue weighted by Crippen LogP contribution is -2.34. The van der Waals surface area contributed by atoms with Crippen molar-refractivity contribution in [3.63, 3.8) is 0 Å². The summed E-state index contributed by atoms with van der Waals surface area (Å²) in [6.45, 7) is 0.207. The highest BCUT2D eigenvalue weighted by Crippen LogP contribution is 2.34. The molecule has 4 rings (SSSR count). The van der Waals surface area contributed by atoms with Gasteiger partial charge >= 0.3 is 0 Å². The number of aryl methyl sites for hydroxylation is 2. The minimum absolute atomic E-state index is 0. The molecule has 1 heterocycles. The fraction of sp³-hybridized carbons (Fsp3) is 0.579. The van der Waals surface area contributed by atoms with Crippen molar-refractivity contribution in [2.24, 2.45) is 5.73 Å². The van der Waals surface area contributed by atoms with E-state index < -0.39 is 15.6 Å². The summed E-state index contributed by atoms with van der Waals surface area (Å²) in [7, 11) is -3.55. The van der Waals surface area contributed by atoms with Gasteiger partial charge < -0.3 is 10.3 Å². The molecule has 1 fully saturated rings. The highest BCUT2D eigenvalue weighted by atomic mass is 35.5. The molecule has 0 radical (unpaired) electrons. The van der Waals surface area contributed by atoms with Crippen LogP contribution in [0.2, 0.25) is 0 Å². The standard InChI is InChI=1S/C19H26N4O3S.ClH/c20-19(10-3-4-11-19)18-22-17(26-23-18)9-12-21-27(24,25)16-8-7-14-5-1-2-6-15(14)13-16;/h7-8,13,21H,1-6,9-12,20H2;1H. The van der Waals surface area contributed by atoms with Crippen LogP contribution in [0.1, 0.15) is 61.4 Å². The highest BCUT2D eigenvalue weighted by molar-refractivity contribution is 7.89. The molecular formula is C19H27ClN4O3S. The molecule has 7 nitrogen and oxygen atoms in total. The van der Waals surface area contributed by atoms with Crippen LogP contribution < -0.4 is 10.5 Å². The normalized spacial score (nSPS) is 18.5. The van der Waals surface area contributed by atoms with Gasteiger partial charge in [-0.1, -0.05) is 24.1 Å². The number of fused-ring (bicyclic) bond motifs is 1. The van der Waals surface area contributed by atoms with Gasteiger partial charge in [-0.15, -0.1) is 12.4 Å². The summed E-state index contributed by atoms with van der Waals surface area (Å²) in [5, 5.41) is 4.00.